The number of rotatable bonds is 1. The van der Waals surface area contributed by atoms with E-state index in [9.17, 15) is 13.6 Å². The van der Waals surface area contributed by atoms with E-state index in [0.717, 1.165) is 6.07 Å². The van der Waals surface area contributed by atoms with E-state index in [0.29, 0.717) is 13.1 Å². The van der Waals surface area contributed by atoms with Gasteiger partial charge in [-0.3, -0.25) is 4.79 Å². The van der Waals surface area contributed by atoms with Crippen LogP contribution in [-0.2, 0) is 0 Å². The van der Waals surface area contributed by atoms with Gasteiger partial charge in [0.1, 0.15) is 0 Å². The number of nitrogens with two attached hydrogens (primary N) is 1. The summed E-state index contributed by atoms with van der Waals surface area (Å²) >= 11 is 0. The van der Waals surface area contributed by atoms with Crippen LogP contribution in [0.15, 0.2) is 18.2 Å². The standard InChI is InChI=1S/C10H10F2N2O/c11-8-3-1-2-7(9(8)12)10(15)14-4-6(13)5-14/h1-3,6H,4-5,13H2. The third kappa shape index (κ3) is 1.70. The van der Waals surface area contributed by atoms with E-state index in [4.69, 9.17) is 5.73 Å². The van der Waals surface area contributed by atoms with E-state index >= 15 is 0 Å². The minimum absolute atomic E-state index is 0.0504. The van der Waals surface area contributed by atoms with Gasteiger partial charge in [-0.1, -0.05) is 6.07 Å². The lowest BCUT2D eigenvalue weighted by atomic mass is 10.1. The molecule has 1 aliphatic heterocycles. The van der Waals surface area contributed by atoms with E-state index in [1.165, 1.54) is 17.0 Å². The number of benzene rings is 1. The molecule has 0 bridgehead atoms. The van der Waals surface area contributed by atoms with Crippen molar-refractivity contribution in [3.8, 4) is 0 Å². The van der Waals surface area contributed by atoms with Crippen LogP contribution in [0.25, 0.3) is 0 Å². The molecule has 1 fully saturated rings. The van der Waals surface area contributed by atoms with Crippen LogP contribution in [0.3, 0.4) is 0 Å². The second-order valence-corrected chi connectivity index (χ2v) is 3.57. The number of amides is 1. The Bertz CT molecular complexity index is 402. The largest absolute Gasteiger partial charge is 0.335 e. The first kappa shape index (κ1) is 10.0. The Morgan fingerprint density at radius 3 is 2.67 bits per heavy atom. The number of hydrogen-bond acceptors (Lipinski definition) is 2. The first-order valence-corrected chi connectivity index (χ1v) is 4.58. The van der Waals surface area contributed by atoms with Gasteiger partial charge >= 0.3 is 0 Å². The van der Waals surface area contributed by atoms with Crippen molar-refractivity contribution in [3.63, 3.8) is 0 Å². The summed E-state index contributed by atoms with van der Waals surface area (Å²) in [5.74, 6) is -2.61. The molecule has 1 aromatic rings. The molecule has 15 heavy (non-hydrogen) atoms. The van der Waals surface area contributed by atoms with Gasteiger partial charge in [-0.2, -0.15) is 0 Å². The fourth-order valence-electron chi connectivity index (χ4n) is 1.52. The average Bonchev–Trinajstić information content (AvgIpc) is 2.16. The first-order chi connectivity index (χ1) is 7.09. The van der Waals surface area contributed by atoms with Crippen LogP contribution in [0.4, 0.5) is 8.78 Å². The fourth-order valence-corrected chi connectivity index (χ4v) is 1.52. The summed E-state index contributed by atoms with van der Waals surface area (Å²) in [6.07, 6.45) is 0. The van der Waals surface area contributed by atoms with Crippen molar-refractivity contribution >= 4 is 5.91 Å². The molecule has 2 rings (SSSR count). The lowest BCUT2D eigenvalue weighted by Gasteiger charge is -2.36. The third-order valence-corrected chi connectivity index (χ3v) is 2.38. The van der Waals surface area contributed by atoms with Gasteiger partial charge in [0.15, 0.2) is 11.6 Å². The van der Waals surface area contributed by atoms with Crippen LogP contribution >= 0.6 is 0 Å². The Kier molecular flexibility index (Phi) is 2.40. The van der Waals surface area contributed by atoms with Crippen molar-refractivity contribution in [2.75, 3.05) is 13.1 Å². The molecule has 1 heterocycles. The number of halogens is 2. The Labute approximate surface area is 85.5 Å². The molecule has 0 radical (unpaired) electrons. The van der Waals surface area contributed by atoms with Crippen LogP contribution in [0.2, 0.25) is 0 Å². The highest BCUT2D eigenvalue weighted by molar-refractivity contribution is 5.95. The van der Waals surface area contributed by atoms with Crippen LogP contribution < -0.4 is 5.73 Å². The van der Waals surface area contributed by atoms with Crippen molar-refractivity contribution in [3.05, 3.63) is 35.4 Å². The zero-order valence-electron chi connectivity index (χ0n) is 7.91. The summed E-state index contributed by atoms with van der Waals surface area (Å²) in [5.41, 5.74) is 5.26. The summed E-state index contributed by atoms with van der Waals surface area (Å²) in [4.78, 5) is 13.0. The molecule has 1 amide bonds. The van der Waals surface area contributed by atoms with Crippen molar-refractivity contribution < 1.29 is 13.6 Å². The lowest BCUT2D eigenvalue weighted by molar-refractivity contribution is 0.0602. The maximum atomic E-state index is 13.2. The summed E-state index contributed by atoms with van der Waals surface area (Å²) in [7, 11) is 0. The second-order valence-electron chi connectivity index (χ2n) is 3.57. The van der Waals surface area contributed by atoms with Crippen molar-refractivity contribution in [2.24, 2.45) is 5.73 Å². The molecular formula is C10H10F2N2O. The van der Waals surface area contributed by atoms with Gasteiger partial charge in [0.2, 0.25) is 0 Å². The molecule has 1 saturated heterocycles. The van der Waals surface area contributed by atoms with Gasteiger partial charge in [0.05, 0.1) is 5.56 Å². The van der Waals surface area contributed by atoms with E-state index in [2.05, 4.69) is 0 Å². The molecule has 0 aromatic heterocycles. The molecule has 0 spiro atoms. The van der Waals surface area contributed by atoms with E-state index in [1.54, 1.807) is 0 Å². The normalized spacial score (nSPS) is 16.3. The number of nitrogens with zero attached hydrogens (tertiary/aromatic N) is 1. The van der Waals surface area contributed by atoms with Gasteiger partial charge in [0.25, 0.3) is 5.91 Å². The van der Waals surface area contributed by atoms with Crippen molar-refractivity contribution in [1.29, 1.82) is 0 Å². The average molecular weight is 212 g/mol. The van der Waals surface area contributed by atoms with Crippen LogP contribution in [-0.4, -0.2) is 29.9 Å². The molecule has 1 aliphatic rings. The molecule has 0 unspecified atom stereocenters. The van der Waals surface area contributed by atoms with Crippen molar-refractivity contribution in [2.45, 2.75) is 6.04 Å². The van der Waals surface area contributed by atoms with Crippen LogP contribution in [0.1, 0.15) is 10.4 Å². The fraction of sp³-hybridized carbons (Fsp3) is 0.300. The minimum atomic E-state index is -1.09. The highest BCUT2D eigenvalue weighted by Crippen LogP contribution is 2.16. The number of hydrogen-bond donors (Lipinski definition) is 1. The highest BCUT2D eigenvalue weighted by Gasteiger charge is 2.30. The van der Waals surface area contributed by atoms with Crippen molar-refractivity contribution in [1.82, 2.24) is 4.90 Å². The van der Waals surface area contributed by atoms with Crippen LogP contribution in [0.5, 0.6) is 0 Å². The molecule has 0 atom stereocenters. The molecular weight excluding hydrogens is 202 g/mol. The van der Waals surface area contributed by atoms with E-state index < -0.39 is 17.5 Å². The smallest absolute Gasteiger partial charge is 0.257 e. The summed E-state index contributed by atoms with van der Waals surface area (Å²) in [5, 5.41) is 0. The number of likely N-dealkylation sites (tertiary alicyclic amines) is 1. The quantitative estimate of drug-likeness (QED) is 0.746. The molecule has 1 aromatic carbocycles. The number of carbonyl (C=O) groups is 1. The maximum Gasteiger partial charge on any atom is 0.257 e. The van der Waals surface area contributed by atoms with E-state index in [1.807, 2.05) is 0 Å². The van der Waals surface area contributed by atoms with Gasteiger partial charge in [-0.05, 0) is 12.1 Å². The lowest BCUT2D eigenvalue weighted by Crippen LogP contribution is -2.57. The van der Waals surface area contributed by atoms with Gasteiger partial charge in [-0.15, -0.1) is 0 Å². The zero-order chi connectivity index (χ0) is 11.0. The molecule has 5 heteroatoms. The Balaban J connectivity index is 2.22. The van der Waals surface area contributed by atoms with Gasteiger partial charge in [-0.25, -0.2) is 8.78 Å². The van der Waals surface area contributed by atoms with Gasteiger partial charge < -0.3 is 10.6 Å². The third-order valence-electron chi connectivity index (χ3n) is 2.38. The molecule has 0 aliphatic carbocycles. The van der Waals surface area contributed by atoms with Gasteiger partial charge in [0, 0.05) is 19.1 Å². The molecule has 2 N–H and O–H groups in total. The Hall–Kier alpha value is -1.49. The molecule has 0 saturated carbocycles. The molecule has 3 nitrogen and oxygen atoms in total. The second kappa shape index (κ2) is 3.58. The highest BCUT2D eigenvalue weighted by atomic mass is 19.2. The maximum absolute atomic E-state index is 13.2. The topological polar surface area (TPSA) is 46.3 Å². The summed E-state index contributed by atoms with van der Waals surface area (Å²) in [6, 6.07) is 3.51. The predicted octanol–water partition coefficient (Wildman–Crippen LogP) is 0.748. The zero-order valence-corrected chi connectivity index (χ0v) is 7.91. The first-order valence-electron chi connectivity index (χ1n) is 4.58. The predicted molar refractivity (Wildman–Crippen MR) is 50.2 cm³/mol. The van der Waals surface area contributed by atoms with E-state index in [-0.39, 0.29) is 11.6 Å². The van der Waals surface area contributed by atoms with Crippen LogP contribution in [0, 0.1) is 11.6 Å². The Morgan fingerprint density at radius 1 is 1.40 bits per heavy atom. The molecule has 80 valence electrons. The Morgan fingerprint density at radius 2 is 2.07 bits per heavy atom. The monoisotopic (exact) mass is 212 g/mol. The SMILES string of the molecule is NC1CN(C(=O)c2cccc(F)c2F)C1. The minimum Gasteiger partial charge on any atom is -0.335 e. The summed E-state index contributed by atoms with van der Waals surface area (Å²) in [6.45, 7) is 0.795. The number of carbonyl (C=O) groups excluding carboxylic acids is 1. The summed E-state index contributed by atoms with van der Waals surface area (Å²) < 4.78 is 26.0.